The number of rotatable bonds is 3. The molecule has 0 fully saturated rings. The van der Waals surface area contributed by atoms with Crippen LogP contribution >= 0.6 is 12.2 Å². The predicted molar refractivity (Wildman–Crippen MR) is 128 cm³/mol. The number of fused-ring (bicyclic) bond motifs is 2. The van der Waals surface area contributed by atoms with Crippen molar-refractivity contribution in [1.29, 1.82) is 0 Å². The van der Waals surface area contributed by atoms with Crippen molar-refractivity contribution in [3.8, 4) is 11.3 Å². The molecule has 0 saturated heterocycles. The number of aryl methyl sites for hydroxylation is 1. The van der Waals surface area contributed by atoms with Gasteiger partial charge in [0.05, 0.1) is 16.6 Å². The summed E-state index contributed by atoms with van der Waals surface area (Å²) in [4.78, 5) is 32.8. The largest absolute Gasteiger partial charge is 0.332 e. The minimum absolute atomic E-state index is 0.201. The van der Waals surface area contributed by atoms with Gasteiger partial charge in [0.2, 0.25) is 0 Å². The molecule has 2 aromatic carbocycles. The smallest absolute Gasteiger partial charge is 0.261 e. The molecule has 0 aliphatic rings. The van der Waals surface area contributed by atoms with Crippen molar-refractivity contribution in [2.24, 2.45) is 7.05 Å². The third-order valence-electron chi connectivity index (χ3n) is 5.48. The molecule has 0 spiro atoms. The minimum Gasteiger partial charge on any atom is -0.332 e. The van der Waals surface area contributed by atoms with Gasteiger partial charge in [0, 0.05) is 36.3 Å². The highest BCUT2D eigenvalue weighted by Crippen LogP contribution is 2.23. The molecule has 158 valence electrons. The van der Waals surface area contributed by atoms with Crippen LogP contribution in [0, 0.1) is 11.7 Å². The van der Waals surface area contributed by atoms with Crippen molar-refractivity contribution >= 4 is 40.4 Å². The lowest BCUT2D eigenvalue weighted by Crippen LogP contribution is -2.19. The van der Waals surface area contributed by atoms with Gasteiger partial charge in [0.25, 0.3) is 11.5 Å². The minimum atomic E-state index is -0.275. The highest BCUT2D eigenvalue weighted by Gasteiger charge is 2.11. The Balaban J connectivity index is 1.40. The van der Waals surface area contributed by atoms with Gasteiger partial charge < -0.3 is 14.7 Å². The zero-order chi connectivity index (χ0) is 22.4. The molecule has 8 heteroatoms. The summed E-state index contributed by atoms with van der Waals surface area (Å²) in [5, 5.41) is 3.37. The fraction of sp³-hybridized carbons (Fsp3) is 0.0833. The molecule has 0 radical (unpaired) electrons. The summed E-state index contributed by atoms with van der Waals surface area (Å²) in [7, 11) is 1.61. The molecular weight excluding hydrogens is 422 g/mol. The molecule has 0 saturated carbocycles. The molecule has 32 heavy (non-hydrogen) atoms. The van der Waals surface area contributed by atoms with Crippen LogP contribution in [0.4, 0.5) is 5.69 Å². The number of amides is 1. The molecular formula is C24H19N5O2S. The van der Waals surface area contributed by atoms with Crippen molar-refractivity contribution in [2.75, 3.05) is 5.32 Å². The number of aromatic amines is 1. The van der Waals surface area contributed by atoms with Gasteiger partial charge in [0.15, 0.2) is 4.77 Å². The molecule has 7 nitrogen and oxygen atoms in total. The molecule has 0 aliphatic heterocycles. The molecule has 0 aliphatic carbocycles. The van der Waals surface area contributed by atoms with Crippen LogP contribution in [0.15, 0.2) is 71.8 Å². The van der Waals surface area contributed by atoms with E-state index in [2.05, 4.69) is 10.3 Å². The van der Waals surface area contributed by atoms with E-state index in [0.717, 1.165) is 22.5 Å². The lowest BCUT2D eigenvalue weighted by molar-refractivity contribution is 0.102. The summed E-state index contributed by atoms with van der Waals surface area (Å²) in [5.74, 6) is -0.275. The van der Waals surface area contributed by atoms with E-state index in [1.54, 1.807) is 25.2 Å². The van der Waals surface area contributed by atoms with Gasteiger partial charge in [-0.05, 0) is 61.1 Å². The second kappa shape index (κ2) is 7.58. The van der Waals surface area contributed by atoms with E-state index in [1.165, 1.54) is 4.57 Å². The van der Waals surface area contributed by atoms with Crippen LogP contribution in [0.1, 0.15) is 15.9 Å². The standard InChI is InChI=1S/C24H19N5O2S/c1-14-4-3-11-29-13-20(26-21(14)29)15-5-8-17(9-6-15)25-22(30)16-7-10-18-19(12-16)27-24(32)28(2)23(18)31/h3-13H,1-2H3,(H,25,30)(H,27,32). The van der Waals surface area contributed by atoms with Crippen LogP contribution < -0.4 is 10.9 Å². The molecule has 2 N–H and O–H groups in total. The van der Waals surface area contributed by atoms with Gasteiger partial charge in [-0.25, -0.2) is 4.98 Å². The van der Waals surface area contributed by atoms with Crippen LogP contribution in [0.5, 0.6) is 0 Å². The maximum Gasteiger partial charge on any atom is 0.261 e. The first-order valence-electron chi connectivity index (χ1n) is 10.00. The van der Waals surface area contributed by atoms with Gasteiger partial charge in [-0.2, -0.15) is 0 Å². The monoisotopic (exact) mass is 441 g/mol. The number of anilines is 1. The fourth-order valence-corrected chi connectivity index (χ4v) is 3.86. The zero-order valence-corrected chi connectivity index (χ0v) is 18.2. The Labute approximate surface area is 188 Å². The Morgan fingerprint density at radius 1 is 1.12 bits per heavy atom. The van der Waals surface area contributed by atoms with E-state index in [1.807, 2.05) is 60.1 Å². The number of aromatic nitrogens is 4. The number of carbonyl (C=O) groups excluding carboxylic acids is 1. The molecule has 0 unspecified atom stereocenters. The van der Waals surface area contributed by atoms with Gasteiger partial charge >= 0.3 is 0 Å². The lowest BCUT2D eigenvalue weighted by atomic mass is 10.1. The van der Waals surface area contributed by atoms with Gasteiger partial charge in [-0.15, -0.1) is 0 Å². The Bertz CT molecular complexity index is 1630. The highest BCUT2D eigenvalue weighted by molar-refractivity contribution is 7.71. The Hall–Kier alpha value is -4.04. The van der Waals surface area contributed by atoms with E-state index >= 15 is 0 Å². The third kappa shape index (κ3) is 3.40. The van der Waals surface area contributed by atoms with Crippen molar-refractivity contribution < 1.29 is 4.79 Å². The maximum atomic E-state index is 12.8. The Kier molecular flexibility index (Phi) is 4.71. The van der Waals surface area contributed by atoms with Gasteiger partial charge in [-0.3, -0.25) is 14.2 Å². The second-order valence-electron chi connectivity index (χ2n) is 7.63. The van der Waals surface area contributed by atoms with Gasteiger partial charge in [0.1, 0.15) is 5.65 Å². The molecule has 5 rings (SSSR count). The Morgan fingerprint density at radius 2 is 1.91 bits per heavy atom. The van der Waals surface area contributed by atoms with Crippen LogP contribution in [-0.2, 0) is 7.05 Å². The van der Waals surface area contributed by atoms with E-state index in [4.69, 9.17) is 17.2 Å². The van der Waals surface area contributed by atoms with E-state index in [0.29, 0.717) is 26.9 Å². The van der Waals surface area contributed by atoms with Crippen molar-refractivity contribution in [2.45, 2.75) is 6.92 Å². The molecule has 3 aromatic heterocycles. The summed E-state index contributed by atoms with van der Waals surface area (Å²) in [6.07, 6.45) is 3.96. The highest BCUT2D eigenvalue weighted by atomic mass is 32.1. The van der Waals surface area contributed by atoms with Crippen LogP contribution in [0.25, 0.3) is 27.8 Å². The number of imidazole rings is 1. The lowest BCUT2D eigenvalue weighted by Gasteiger charge is -2.08. The number of benzene rings is 2. The summed E-state index contributed by atoms with van der Waals surface area (Å²) < 4.78 is 3.67. The summed E-state index contributed by atoms with van der Waals surface area (Å²) >= 11 is 5.16. The average Bonchev–Trinajstić information content (AvgIpc) is 3.23. The average molecular weight is 442 g/mol. The molecule has 5 aromatic rings. The van der Waals surface area contributed by atoms with Crippen LogP contribution in [0.3, 0.4) is 0 Å². The number of carbonyl (C=O) groups is 1. The third-order valence-corrected chi connectivity index (χ3v) is 5.86. The normalized spacial score (nSPS) is 11.2. The number of H-pyrrole nitrogens is 1. The van der Waals surface area contributed by atoms with Crippen LogP contribution in [0.2, 0.25) is 0 Å². The first-order chi connectivity index (χ1) is 15.4. The first-order valence-corrected chi connectivity index (χ1v) is 10.4. The number of pyridine rings is 1. The summed E-state index contributed by atoms with van der Waals surface area (Å²) in [6.45, 7) is 2.03. The Morgan fingerprint density at radius 3 is 2.66 bits per heavy atom. The van der Waals surface area contributed by atoms with E-state index in [9.17, 15) is 9.59 Å². The number of hydrogen-bond acceptors (Lipinski definition) is 4. The van der Waals surface area contributed by atoms with E-state index < -0.39 is 0 Å². The predicted octanol–water partition coefficient (Wildman–Crippen LogP) is 4.47. The summed E-state index contributed by atoms with van der Waals surface area (Å²) in [5.41, 5.74) is 5.27. The molecule has 3 heterocycles. The summed E-state index contributed by atoms with van der Waals surface area (Å²) in [6, 6.07) is 16.4. The van der Waals surface area contributed by atoms with Crippen molar-refractivity contribution in [1.82, 2.24) is 18.9 Å². The quantitative estimate of drug-likeness (QED) is 0.405. The maximum absolute atomic E-state index is 12.8. The van der Waals surface area contributed by atoms with Crippen LogP contribution in [-0.4, -0.2) is 24.8 Å². The molecule has 1 amide bonds. The molecule has 0 atom stereocenters. The van der Waals surface area contributed by atoms with Gasteiger partial charge in [-0.1, -0.05) is 18.2 Å². The SMILES string of the molecule is Cc1cccn2cc(-c3ccc(NC(=O)c4ccc5c(=O)n(C)c(=S)[nH]c5c4)cc3)nc12. The van der Waals surface area contributed by atoms with Crippen molar-refractivity contribution in [3.05, 3.63) is 93.2 Å². The van der Waals surface area contributed by atoms with Crippen molar-refractivity contribution in [3.63, 3.8) is 0 Å². The second-order valence-corrected chi connectivity index (χ2v) is 8.02. The number of nitrogens with zero attached hydrogens (tertiary/aromatic N) is 3. The van der Waals surface area contributed by atoms with E-state index in [-0.39, 0.29) is 11.5 Å². The molecule has 0 bridgehead atoms. The topological polar surface area (TPSA) is 84.2 Å². The zero-order valence-electron chi connectivity index (χ0n) is 17.4. The number of hydrogen-bond donors (Lipinski definition) is 2. The number of nitrogens with one attached hydrogen (secondary N) is 2. The fourth-order valence-electron chi connectivity index (χ4n) is 3.67. The first kappa shape index (κ1) is 19.9.